The molecule has 18 heavy (non-hydrogen) atoms. The van der Waals surface area contributed by atoms with E-state index in [-0.39, 0.29) is 5.56 Å². The molecule has 0 aliphatic heterocycles. The molecule has 0 heterocycles. The van der Waals surface area contributed by atoms with Gasteiger partial charge in [0.05, 0.1) is 6.61 Å². The van der Waals surface area contributed by atoms with E-state index in [0.29, 0.717) is 23.5 Å². The van der Waals surface area contributed by atoms with Crippen LogP contribution in [0.3, 0.4) is 0 Å². The summed E-state index contributed by atoms with van der Waals surface area (Å²) >= 11 is 1.85. The summed E-state index contributed by atoms with van der Waals surface area (Å²) in [6.07, 6.45) is 0. The maximum atomic E-state index is 11.0. The predicted molar refractivity (Wildman–Crippen MR) is 75.7 cm³/mol. The summed E-state index contributed by atoms with van der Waals surface area (Å²) in [5, 5.41) is 9.58. The van der Waals surface area contributed by atoms with Crippen molar-refractivity contribution in [3.63, 3.8) is 0 Å². The topological polar surface area (TPSA) is 46.5 Å². The van der Waals surface area contributed by atoms with E-state index in [1.54, 1.807) is 24.3 Å². The Morgan fingerprint density at radius 3 is 2.61 bits per heavy atom. The Labute approximate surface area is 113 Å². The highest BCUT2D eigenvalue weighted by Gasteiger charge is 2.10. The van der Waals surface area contributed by atoms with Crippen molar-refractivity contribution in [2.24, 2.45) is 5.92 Å². The normalized spacial score (nSPS) is 12.4. The average Bonchev–Trinajstić information content (AvgIpc) is 2.34. The van der Waals surface area contributed by atoms with Crippen LogP contribution in [0.2, 0.25) is 0 Å². The first-order chi connectivity index (χ1) is 8.52. The van der Waals surface area contributed by atoms with Gasteiger partial charge >= 0.3 is 5.97 Å². The monoisotopic (exact) mass is 268 g/mol. The number of carboxylic acid groups (broad SMARTS) is 1. The van der Waals surface area contributed by atoms with Crippen molar-refractivity contribution in [2.45, 2.75) is 26.0 Å². The molecule has 4 heteroatoms. The van der Waals surface area contributed by atoms with Gasteiger partial charge in [-0.2, -0.15) is 11.8 Å². The molecule has 0 radical (unpaired) electrons. The van der Waals surface area contributed by atoms with Gasteiger partial charge in [0.2, 0.25) is 0 Å². The van der Waals surface area contributed by atoms with E-state index in [2.05, 4.69) is 20.8 Å². The fourth-order valence-electron chi connectivity index (χ4n) is 1.35. The summed E-state index contributed by atoms with van der Waals surface area (Å²) in [5.74, 6) is 1.01. The molecule has 1 unspecified atom stereocenters. The number of thioether (sulfide) groups is 1. The molecular weight excluding hydrogens is 248 g/mol. The molecule has 1 atom stereocenters. The Bertz CT molecular complexity index is 390. The van der Waals surface area contributed by atoms with E-state index >= 15 is 0 Å². The number of ether oxygens (including phenoxy) is 1. The van der Waals surface area contributed by atoms with Crippen LogP contribution in [0, 0.1) is 5.92 Å². The lowest BCUT2D eigenvalue weighted by Crippen LogP contribution is -2.11. The zero-order valence-electron chi connectivity index (χ0n) is 11.1. The summed E-state index contributed by atoms with van der Waals surface area (Å²) in [7, 11) is 0. The highest BCUT2D eigenvalue weighted by Crippen LogP contribution is 2.20. The van der Waals surface area contributed by atoms with E-state index in [4.69, 9.17) is 9.84 Å². The average molecular weight is 268 g/mol. The lowest BCUT2D eigenvalue weighted by molar-refractivity contribution is 0.0692. The van der Waals surface area contributed by atoms with Crippen LogP contribution in [0.25, 0.3) is 0 Å². The standard InChI is InChI=1S/C14H20O3S/c1-10(2)11(3)18-9-8-17-13-7-5-4-6-12(13)14(15)16/h4-7,10-11H,8-9H2,1-3H3,(H,15,16). The molecule has 0 aliphatic rings. The first-order valence-corrected chi connectivity index (χ1v) is 7.14. The summed E-state index contributed by atoms with van der Waals surface area (Å²) in [6, 6.07) is 6.74. The van der Waals surface area contributed by atoms with Crippen molar-refractivity contribution in [3.05, 3.63) is 29.8 Å². The maximum Gasteiger partial charge on any atom is 0.339 e. The molecule has 100 valence electrons. The molecule has 0 aromatic heterocycles. The first kappa shape index (κ1) is 14.9. The van der Waals surface area contributed by atoms with E-state index < -0.39 is 5.97 Å². The second-order valence-corrected chi connectivity index (χ2v) is 5.95. The van der Waals surface area contributed by atoms with Crippen LogP contribution in [0.1, 0.15) is 31.1 Å². The van der Waals surface area contributed by atoms with Crippen molar-refractivity contribution < 1.29 is 14.6 Å². The Morgan fingerprint density at radius 2 is 2.00 bits per heavy atom. The Kier molecular flexibility index (Phi) is 6.05. The second kappa shape index (κ2) is 7.31. The van der Waals surface area contributed by atoms with Crippen molar-refractivity contribution in [1.29, 1.82) is 0 Å². The smallest absolute Gasteiger partial charge is 0.339 e. The summed E-state index contributed by atoms with van der Waals surface area (Å²) < 4.78 is 5.53. The lowest BCUT2D eigenvalue weighted by Gasteiger charge is -2.15. The number of aromatic carboxylic acids is 1. The molecule has 1 aromatic rings. The molecule has 0 saturated heterocycles. The molecule has 0 aliphatic carbocycles. The fourth-order valence-corrected chi connectivity index (χ4v) is 2.28. The molecule has 1 aromatic carbocycles. The molecule has 0 amide bonds. The van der Waals surface area contributed by atoms with E-state index in [9.17, 15) is 4.79 Å². The number of benzene rings is 1. The van der Waals surface area contributed by atoms with Gasteiger partial charge in [-0.25, -0.2) is 4.79 Å². The molecule has 1 rings (SSSR count). The van der Waals surface area contributed by atoms with Gasteiger partial charge in [-0.05, 0) is 18.1 Å². The van der Waals surface area contributed by atoms with Gasteiger partial charge in [-0.15, -0.1) is 0 Å². The molecular formula is C14H20O3S. The first-order valence-electron chi connectivity index (χ1n) is 6.09. The number of carbonyl (C=O) groups is 1. The van der Waals surface area contributed by atoms with E-state index in [1.807, 2.05) is 11.8 Å². The molecule has 3 nitrogen and oxygen atoms in total. The number of hydrogen-bond acceptors (Lipinski definition) is 3. The zero-order valence-corrected chi connectivity index (χ0v) is 11.9. The van der Waals surface area contributed by atoms with Crippen molar-refractivity contribution in [1.82, 2.24) is 0 Å². The minimum absolute atomic E-state index is 0.222. The molecule has 0 fully saturated rings. The Morgan fingerprint density at radius 1 is 1.33 bits per heavy atom. The third-order valence-corrected chi connectivity index (χ3v) is 4.25. The largest absolute Gasteiger partial charge is 0.492 e. The van der Waals surface area contributed by atoms with Gasteiger partial charge < -0.3 is 9.84 Å². The fraction of sp³-hybridized carbons (Fsp3) is 0.500. The number of rotatable bonds is 7. The maximum absolute atomic E-state index is 11.0. The SMILES string of the molecule is CC(C)C(C)SCCOc1ccccc1C(=O)O. The van der Waals surface area contributed by atoms with Gasteiger partial charge in [0.15, 0.2) is 0 Å². The Balaban J connectivity index is 2.42. The summed E-state index contributed by atoms with van der Waals surface area (Å²) in [5.41, 5.74) is 0.222. The minimum atomic E-state index is -0.950. The minimum Gasteiger partial charge on any atom is -0.492 e. The van der Waals surface area contributed by atoms with E-state index in [1.165, 1.54) is 0 Å². The van der Waals surface area contributed by atoms with Crippen molar-refractivity contribution in [3.8, 4) is 5.75 Å². The summed E-state index contributed by atoms with van der Waals surface area (Å²) in [6.45, 7) is 7.11. The predicted octanol–water partition coefficient (Wildman–Crippen LogP) is 3.54. The van der Waals surface area contributed by atoms with Gasteiger partial charge in [0, 0.05) is 11.0 Å². The second-order valence-electron chi connectivity index (χ2n) is 4.47. The Hall–Kier alpha value is -1.16. The third kappa shape index (κ3) is 4.61. The van der Waals surface area contributed by atoms with Gasteiger partial charge in [-0.1, -0.05) is 32.9 Å². The number of carboxylic acids is 1. The summed E-state index contributed by atoms with van der Waals surface area (Å²) in [4.78, 5) is 11.0. The highest BCUT2D eigenvalue weighted by atomic mass is 32.2. The van der Waals surface area contributed by atoms with Gasteiger partial charge in [0.25, 0.3) is 0 Å². The molecule has 0 bridgehead atoms. The van der Waals surface area contributed by atoms with Crippen LogP contribution < -0.4 is 4.74 Å². The molecule has 0 saturated carbocycles. The highest BCUT2D eigenvalue weighted by molar-refractivity contribution is 7.99. The van der Waals surface area contributed by atoms with Crippen LogP contribution >= 0.6 is 11.8 Å². The quantitative estimate of drug-likeness (QED) is 0.768. The van der Waals surface area contributed by atoms with Crippen molar-refractivity contribution in [2.75, 3.05) is 12.4 Å². The number of hydrogen-bond donors (Lipinski definition) is 1. The lowest BCUT2D eigenvalue weighted by atomic mass is 10.2. The van der Waals surface area contributed by atoms with Gasteiger partial charge in [-0.3, -0.25) is 0 Å². The van der Waals surface area contributed by atoms with Crippen LogP contribution in [-0.4, -0.2) is 28.7 Å². The van der Waals surface area contributed by atoms with Crippen LogP contribution in [0.15, 0.2) is 24.3 Å². The van der Waals surface area contributed by atoms with Crippen LogP contribution in [0.4, 0.5) is 0 Å². The third-order valence-electron chi connectivity index (χ3n) is 2.78. The zero-order chi connectivity index (χ0) is 13.5. The van der Waals surface area contributed by atoms with Gasteiger partial charge in [0.1, 0.15) is 11.3 Å². The molecule has 1 N–H and O–H groups in total. The van der Waals surface area contributed by atoms with Crippen LogP contribution in [-0.2, 0) is 0 Å². The number of para-hydroxylation sites is 1. The van der Waals surface area contributed by atoms with Crippen LogP contribution in [0.5, 0.6) is 5.75 Å². The van der Waals surface area contributed by atoms with E-state index in [0.717, 1.165) is 5.75 Å². The van der Waals surface area contributed by atoms with Crippen molar-refractivity contribution >= 4 is 17.7 Å². The molecule has 0 spiro atoms.